The molecule has 1 N–H and O–H groups in total. The number of para-hydroxylation sites is 1. The lowest BCUT2D eigenvalue weighted by Gasteiger charge is -2.30. The average Bonchev–Trinajstić information content (AvgIpc) is 2.40. The van der Waals surface area contributed by atoms with Crippen LogP contribution in [0.2, 0.25) is 0 Å². The van der Waals surface area contributed by atoms with Crippen LogP contribution in [0.1, 0.15) is 25.7 Å². The molecule has 0 aliphatic carbocycles. The third-order valence-electron chi connectivity index (χ3n) is 3.17. The van der Waals surface area contributed by atoms with Crippen molar-refractivity contribution in [2.75, 3.05) is 23.3 Å². The Kier molecular flexibility index (Phi) is 4.35. The summed E-state index contributed by atoms with van der Waals surface area (Å²) >= 11 is 0. The van der Waals surface area contributed by atoms with E-state index in [9.17, 15) is 9.18 Å². The maximum Gasteiger partial charge on any atom is 0.238 e. The van der Waals surface area contributed by atoms with Gasteiger partial charge >= 0.3 is 0 Å². The number of benzene rings is 1. The summed E-state index contributed by atoms with van der Waals surface area (Å²) in [5, 5.41) is 11.1. The molecule has 5 heteroatoms. The number of hydrogen-bond donors (Lipinski definition) is 1. The van der Waals surface area contributed by atoms with Crippen molar-refractivity contribution in [2.45, 2.75) is 25.7 Å². The van der Waals surface area contributed by atoms with Gasteiger partial charge in [-0.1, -0.05) is 6.07 Å². The summed E-state index contributed by atoms with van der Waals surface area (Å²) in [7, 11) is 0. The van der Waals surface area contributed by atoms with Crippen molar-refractivity contribution >= 4 is 17.3 Å². The molecule has 0 saturated carbocycles. The third-order valence-corrected chi connectivity index (χ3v) is 3.17. The zero-order valence-corrected chi connectivity index (χ0v) is 10.7. The molecule has 0 aromatic heterocycles. The molecule has 0 radical (unpaired) electrons. The quantitative estimate of drug-likeness (QED) is 0.910. The van der Waals surface area contributed by atoms with Crippen LogP contribution in [0.4, 0.5) is 15.8 Å². The van der Waals surface area contributed by atoms with Crippen LogP contribution < -0.4 is 10.2 Å². The largest absolute Gasteiger partial charge is 0.367 e. The van der Waals surface area contributed by atoms with E-state index < -0.39 is 5.91 Å². The van der Waals surface area contributed by atoms with Gasteiger partial charge in [0.15, 0.2) is 0 Å². The van der Waals surface area contributed by atoms with Crippen molar-refractivity contribution in [2.24, 2.45) is 0 Å². The fourth-order valence-electron chi connectivity index (χ4n) is 2.32. The van der Waals surface area contributed by atoms with Crippen molar-refractivity contribution < 1.29 is 9.18 Å². The Morgan fingerprint density at radius 1 is 1.37 bits per heavy atom. The fraction of sp³-hybridized carbons (Fsp3) is 0.429. The van der Waals surface area contributed by atoms with E-state index in [2.05, 4.69) is 5.32 Å². The number of carbonyl (C=O) groups excluding carboxylic acids is 1. The van der Waals surface area contributed by atoms with Gasteiger partial charge in [-0.05, 0) is 31.4 Å². The van der Waals surface area contributed by atoms with Crippen LogP contribution in [0, 0.1) is 17.1 Å². The molecule has 1 fully saturated rings. The van der Waals surface area contributed by atoms with Gasteiger partial charge in [0.2, 0.25) is 5.91 Å². The molecule has 0 atom stereocenters. The van der Waals surface area contributed by atoms with Gasteiger partial charge in [-0.25, -0.2) is 4.39 Å². The Hall–Kier alpha value is -2.09. The topological polar surface area (TPSA) is 56.1 Å². The van der Waals surface area contributed by atoms with E-state index in [-0.39, 0.29) is 12.2 Å². The minimum absolute atomic E-state index is 0.226. The Morgan fingerprint density at radius 2 is 2.11 bits per heavy atom. The van der Waals surface area contributed by atoms with Gasteiger partial charge in [-0.15, -0.1) is 0 Å². The zero-order chi connectivity index (χ0) is 13.7. The van der Waals surface area contributed by atoms with Crippen LogP contribution in [0.3, 0.4) is 0 Å². The number of amides is 1. The molecule has 1 heterocycles. The van der Waals surface area contributed by atoms with E-state index in [0.29, 0.717) is 11.4 Å². The monoisotopic (exact) mass is 261 g/mol. The highest BCUT2D eigenvalue weighted by atomic mass is 19.1. The number of halogens is 1. The molecule has 19 heavy (non-hydrogen) atoms. The molecule has 1 aliphatic heterocycles. The minimum atomic E-state index is -0.411. The zero-order valence-electron chi connectivity index (χ0n) is 10.7. The minimum Gasteiger partial charge on any atom is -0.367 e. The number of hydrogen-bond acceptors (Lipinski definition) is 3. The first-order chi connectivity index (χ1) is 9.22. The molecular weight excluding hydrogens is 245 g/mol. The van der Waals surface area contributed by atoms with E-state index in [1.54, 1.807) is 18.2 Å². The summed E-state index contributed by atoms with van der Waals surface area (Å²) in [6.07, 6.45) is 2.98. The second-order valence-corrected chi connectivity index (χ2v) is 4.57. The van der Waals surface area contributed by atoms with Gasteiger partial charge in [-0.2, -0.15) is 5.26 Å². The first kappa shape index (κ1) is 13.3. The van der Waals surface area contributed by atoms with E-state index in [4.69, 9.17) is 5.26 Å². The molecule has 1 saturated heterocycles. The normalized spacial score (nSPS) is 14.8. The lowest BCUT2D eigenvalue weighted by Crippen LogP contribution is -2.31. The lowest BCUT2D eigenvalue weighted by molar-refractivity contribution is -0.115. The van der Waals surface area contributed by atoms with Crippen molar-refractivity contribution in [1.82, 2.24) is 0 Å². The van der Waals surface area contributed by atoms with E-state index in [1.165, 1.54) is 6.07 Å². The molecule has 0 unspecified atom stereocenters. The van der Waals surface area contributed by atoms with E-state index in [1.807, 2.05) is 4.90 Å². The molecule has 1 aliphatic rings. The second-order valence-electron chi connectivity index (χ2n) is 4.57. The van der Waals surface area contributed by atoms with Crippen LogP contribution in [0.5, 0.6) is 0 Å². The standard InChI is InChI=1S/C14H16FN3O/c15-11-5-4-6-12(17-13(19)7-8-16)14(11)18-9-2-1-3-10-18/h4-6H,1-3,7,9-10H2,(H,17,19). The number of piperidine rings is 1. The predicted octanol–water partition coefficient (Wildman–Crippen LogP) is 2.67. The van der Waals surface area contributed by atoms with Gasteiger partial charge in [0.05, 0.1) is 17.4 Å². The summed E-state index contributed by atoms with van der Waals surface area (Å²) < 4.78 is 14.0. The fourth-order valence-corrected chi connectivity index (χ4v) is 2.32. The molecule has 1 aromatic rings. The van der Waals surface area contributed by atoms with Crippen molar-refractivity contribution in [3.63, 3.8) is 0 Å². The Bertz CT molecular complexity index is 504. The average molecular weight is 261 g/mol. The molecule has 0 bridgehead atoms. The van der Waals surface area contributed by atoms with Crippen molar-refractivity contribution in [1.29, 1.82) is 5.26 Å². The summed E-state index contributed by atoms with van der Waals surface area (Å²) in [6.45, 7) is 1.59. The number of carbonyl (C=O) groups is 1. The van der Waals surface area contributed by atoms with E-state index in [0.717, 1.165) is 32.4 Å². The summed E-state index contributed by atoms with van der Waals surface area (Å²) in [5.41, 5.74) is 0.885. The number of nitrogens with one attached hydrogen (secondary N) is 1. The van der Waals surface area contributed by atoms with Crippen molar-refractivity contribution in [3.8, 4) is 6.07 Å². The van der Waals surface area contributed by atoms with Gasteiger partial charge in [0.25, 0.3) is 0 Å². The second kappa shape index (κ2) is 6.19. The molecule has 4 nitrogen and oxygen atoms in total. The number of anilines is 2. The summed E-state index contributed by atoms with van der Waals surface area (Å²) in [5.74, 6) is -0.747. The molecule has 100 valence electrons. The Morgan fingerprint density at radius 3 is 2.79 bits per heavy atom. The highest BCUT2D eigenvalue weighted by Crippen LogP contribution is 2.31. The predicted molar refractivity (Wildman–Crippen MR) is 71.3 cm³/mol. The molecule has 1 amide bonds. The van der Waals surface area contributed by atoms with Gasteiger partial charge in [0, 0.05) is 13.1 Å². The molecule has 2 rings (SSSR count). The van der Waals surface area contributed by atoms with Gasteiger partial charge in [-0.3, -0.25) is 4.79 Å². The Labute approximate surface area is 111 Å². The SMILES string of the molecule is N#CCC(=O)Nc1cccc(F)c1N1CCCCC1. The Balaban J connectivity index is 2.25. The van der Waals surface area contributed by atoms with Crippen LogP contribution in [0.15, 0.2) is 18.2 Å². The van der Waals surface area contributed by atoms with Crippen LogP contribution in [-0.4, -0.2) is 19.0 Å². The van der Waals surface area contributed by atoms with Crippen LogP contribution in [0.25, 0.3) is 0 Å². The van der Waals surface area contributed by atoms with Gasteiger partial charge in [0.1, 0.15) is 12.2 Å². The summed E-state index contributed by atoms with van der Waals surface area (Å²) in [6, 6.07) is 6.40. The highest BCUT2D eigenvalue weighted by molar-refractivity contribution is 5.95. The van der Waals surface area contributed by atoms with Gasteiger partial charge < -0.3 is 10.2 Å². The maximum absolute atomic E-state index is 14.0. The first-order valence-corrected chi connectivity index (χ1v) is 6.42. The number of nitrogens with zero attached hydrogens (tertiary/aromatic N) is 2. The lowest BCUT2D eigenvalue weighted by atomic mass is 10.1. The smallest absolute Gasteiger partial charge is 0.238 e. The van der Waals surface area contributed by atoms with E-state index >= 15 is 0 Å². The number of nitriles is 1. The maximum atomic E-state index is 14.0. The first-order valence-electron chi connectivity index (χ1n) is 6.42. The van der Waals surface area contributed by atoms with Crippen LogP contribution in [-0.2, 0) is 4.79 Å². The number of rotatable bonds is 3. The third kappa shape index (κ3) is 3.22. The molecular formula is C14H16FN3O. The highest BCUT2D eigenvalue weighted by Gasteiger charge is 2.19. The summed E-state index contributed by atoms with van der Waals surface area (Å²) in [4.78, 5) is 13.4. The molecule has 1 aromatic carbocycles. The molecule has 0 spiro atoms. The van der Waals surface area contributed by atoms with Crippen LogP contribution >= 0.6 is 0 Å². The van der Waals surface area contributed by atoms with Crippen molar-refractivity contribution in [3.05, 3.63) is 24.0 Å².